The lowest BCUT2D eigenvalue weighted by Gasteiger charge is -2.10. The quantitative estimate of drug-likeness (QED) is 0.847. The number of carbonyl (C=O) groups excluding carboxylic acids is 1. The number of carbonyl (C=O) groups is 2. The third-order valence-electron chi connectivity index (χ3n) is 2.38. The molecule has 1 atom stereocenters. The lowest BCUT2D eigenvalue weighted by atomic mass is 10.0. The van der Waals surface area contributed by atoms with Crippen LogP contribution >= 0.6 is 0 Å². The number of benzene rings is 1. The van der Waals surface area contributed by atoms with Gasteiger partial charge in [0.05, 0.1) is 0 Å². The summed E-state index contributed by atoms with van der Waals surface area (Å²) < 4.78 is 13.1. The molecule has 0 spiro atoms. The van der Waals surface area contributed by atoms with Crippen molar-refractivity contribution < 1.29 is 19.1 Å². The van der Waals surface area contributed by atoms with Crippen molar-refractivity contribution in [3.05, 3.63) is 29.6 Å². The van der Waals surface area contributed by atoms with Crippen molar-refractivity contribution in [1.82, 2.24) is 0 Å². The minimum atomic E-state index is -0.933. The van der Waals surface area contributed by atoms with E-state index in [9.17, 15) is 14.0 Å². The Hall–Kier alpha value is -1.91. The summed E-state index contributed by atoms with van der Waals surface area (Å²) in [5.74, 6) is -1.91. The van der Waals surface area contributed by atoms with Gasteiger partial charge in [0.1, 0.15) is 5.82 Å². The van der Waals surface area contributed by atoms with Gasteiger partial charge in [0.25, 0.3) is 0 Å². The Kier molecular flexibility index (Phi) is 4.83. The van der Waals surface area contributed by atoms with Gasteiger partial charge in [-0.25, -0.2) is 4.39 Å². The van der Waals surface area contributed by atoms with Crippen LogP contribution in [0.15, 0.2) is 18.2 Å². The van der Waals surface area contributed by atoms with Crippen molar-refractivity contribution in [3.8, 4) is 0 Å². The van der Waals surface area contributed by atoms with E-state index in [1.807, 2.05) is 0 Å². The van der Waals surface area contributed by atoms with E-state index in [2.05, 4.69) is 5.32 Å². The van der Waals surface area contributed by atoms with Crippen LogP contribution in [-0.4, -0.2) is 17.0 Å². The van der Waals surface area contributed by atoms with Crippen LogP contribution in [0.25, 0.3) is 0 Å². The number of hydrogen-bond acceptors (Lipinski definition) is 2. The molecule has 18 heavy (non-hydrogen) atoms. The van der Waals surface area contributed by atoms with E-state index >= 15 is 0 Å². The summed E-state index contributed by atoms with van der Waals surface area (Å²) in [6.45, 7) is 3.41. The molecule has 0 bridgehead atoms. The number of carboxylic acids is 1. The van der Waals surface area contributed by atoms with E-state index in [1.165, 1.54) is 12.1 Å². The van der Waals surface area contributed by atoms with Crippen molar-refractivity contribution in [2.75, 3.05) is 5.32 Å². The van der Waals surface area contributed by atoms with E-state index < -0.39 is 11.8 Å². The number of nitrogens with one attached hydrogen (secondary N) is 1. The van der Waals surface area contributed by atoms with Crippen LogP contribution in [-0.2, 0) is 9.59 Å². The largest absolute Gasteiger partial charge is 0.481 e. The molecule has 1 aromatic carbocycles. The van der Waals surface area contributed by atoms with Crippen LogP contribution < -0.4 is 5.32 Å². The Morgan fingerprint density at radius 2 is 2.00 bits per heavy atom. The molecule has 0 aliphatic carbocycles. The average molecular weight is 253 g/mol. The predicted octanol–water partition coefficient (Wildman–Crippen LogP) is 2.57. The highest BCUT2D eigenvalue weighted by molar-refractivity contribution is 5.91. The fourth-order valence-electron chi connectivity index (χ4n) is 1.71. The van der Waals surface area contributed by atoms with E-state index in [0.717, 1.165) is 0 Å². The number of amides is 1. The van der Waals surface area contributed by atoms with Gasteiger partial charge in [-0.15, -0.1) is 0 Å². The predicted molar refractivity (Wildman–Crippen MR) is 65.8 cm³/mol. The maximum Gasteiger partial charge on any atom is 0.303 e. The van der Waals surface area contributed by atoms with Gasteiger partial charge in [0.2, 0.25) is 5.91 Å². The summed E-state index contributed by atoms with van der Waals surface area (Å²) in [4.78, 5) is 22.1. The van der Waals surface area contributed by atoms with Crippen LogP contribution in [0.1, 0.15) is 25.3 Å². The average Bonchev–Trinajstić information content (AvgIpc) is 2.12. The van der Waals surface area contributed by atoms with Gasteiger partial charge in [0, 0.05) is 18.5 Å². The van der Waals surface area contributed by atoms with E-state index in [0.29, 0.717) is 11.3 Å². The van der Waals surface area contributed by atoms with Crippen LogP contribution in [0.4, 0.5) is 10.1 Å². The van der Waals surface area contributed by atoms with Gasteiger partial charge in [0.15, 0.2) is 0 Å². The van der Waals surface area contributed by atoms with Crippen molar-refractivity contribution in [1.29, 1.82) is 0 Å². The van der Waals surface area contributed by atoms with Crippen LogP contribution in [0, 0.1) is 18.7 Å². The van der Waals surface area contributed by atoms with Crippen molar-refractivity contribution in [2.24, 2.45) is 5.92 Å². The first kappa shape index (κ1) is 14.2. The van der Waals surface area contributed by atoms with Gasteiger partial charge >= 0.3 is 5.97 Å². The van der Waals surface area contributed by atoms with Crippen molar-refractivity contribution in [3.63, 3.8) is 0 Å². The number of aliphatic carboxylic acids is 1. The number of rotatable bonds is 5. The SMILES string of the molecule is Cc1cc(F)cc(NC(=O)CC(C)CC(=O)O)c1. The maximum atomic E-state index is 13.1. The number of halogens is 1. The smallest absolute Gasteiger partial charge is 0.303 e. The summed E-state index contributed by atoms with van der Waals surface area (Å²) >= 11 is 0. The summed E-state index contributed by atoms with van der Waals surface area (Å²) in [7, 11) is 0. The standard InChI is InChI=1S/C13H16FNO3/c1-8-3-10(14)7-11(4-8)15-12(16)5-9(2)6-13(17)18/h3-4,7,9H,5-6H2,1-2H3,(H,15,16)(H,17,18). The van der Waals surface area contributed by atoms with Gasteiger partial charge in [-0.1, -0.05) is 6.92 Å². The van der Waals surface area contributed by atoms with Crippen LogP contribution in [0.3, 0.4) is 0 Å². The molecule has 0 saturated heterocycles. The number of aryl methyl sites for hydroxylation is 1. The number of hydrogen-bond donors (Lipinski definition) is 2. The zero-order chi connectivity index (χ0) is 13.7. The molecule has 0 saturated carbocycles. The molecule has 0 heterocycles. The summed E-state index contributed by atoms with van der Waals surface area (Å²) in [5, 5.41) is 11.1. The van der Waals surface area contributed by atoms with Crippen LogP contribution in [0.5, 0.6) is 0 Å². The second-order valence-corrected chi connectivity index (χ2v) is 4.47. The molecule has 1 amide bonds. The highest BCUT2D eigenvalue weighted by Crippen LogP contribution is 2.15. The Morgan fingerprint density at radius 3 is 2.56 bits per heavy atom. The highest BCUT2D eigenvalue weighted by atomic mass is 19.1. The molecule has 0 fully saturated rings. The van der Waals surface area contributed by atoms with Crippen LogP contribution in [0.2, 0.25) is 0 Å². The molecule has 0 radical (unpaired) electrons. The highest BCUT2D eigenvalue weighted by Gasteiger charge is 2.13. The van der Waals surface area contributed by atoms with E-state index in [1.54, 1.807) is 19.9 Å². The zero-order valence-electron chi connectivity index (χ0n) is 10.4. The molecule has 0 aliphatic rings. The zero-order valence-corrected chi connectivity index (χ0v) is 10.4. The normalized spacial score (nSPS) is 11.9. The molecule has 1 rings (SSSR count). The monoisotopic (exact) mass is 253 g/mol. The topological polar surface area (TPSA) is 66.4 Å². The third-order valence-corrected chi connectivity index (χ3v) is 2.38. The van der Waals surface area contributed by atoms with Gasteiger partial charge in [-0.3, -0.25) is 9.59 Å². The van der Waals surface area contributed by atoms with Gasteiger partial charge < -0.3 is 10.4 Å². The third kappa shape index (κ3) is 4.95. The fraction of sp³-hybridized carbons (Fsp3) is 0.385. The molecule has 4 nitrogen and oxygen atoms in total. The van der Waals surface area contributed by atoms with Crippen molar-refractivity contribution in [2.45, 2.75) is 26.7 Å². The molecule has 1 unspecified atom stereocenters. The first-order valence-corrected chi connectivity index (χ1v) is 5.65. The molecular weight excluding hydrogens is 237 g/mol. The Balaban J connectivity index is 2.56. The van der Waals surface area contributed by atoms with E-state index in [-0.39, 0.29) is 24.7 Å². The van der Waals surface area contributed by atoms with E-state index in [4.69, 9.17) is 5.11 Å². The fourth-order valence-corrected chi connectivity index (χ4v) is 1.71. The Bertz CT molecular complexity index is 439. The second-order valence-electron chi connectivity index (χ2n) is 4.47. The lowest BCUT2D eigenvalue weighted by molar-refractivity contribution is -0.138. The molecule has 5 heteroatoms. The number of carboxylic acid groups (broad SMARTS) is 1. The Morgan fingerprint density at radius 1 is 1.33 bits per heavy atom. The first-order chi connectivity index (χ1) is 8.36. The lowest BCUT2D eigenvalue weighted by Crippen LogP contribution is -2.17. The summed E-state index contributed by atoms with van der Waals surface area (Å²) in [5.41, 5.74) is 1.10. The minimum absolute atomic E-state index is 0.0599. The minimum Gasteiger partial charge on any atom is -0.481 e. The maximum absolute atomic E-state index is 13.1. The number of anilines is 1. The Labute approximate surface area is 105 Å². The van der Waals surface area contributed by atoms with Crippen molar-refractivity contribution >= 4 is 17.6 Å². The molecular formula is C13H16FNO3. The molecule has 0 aliphatic heterocycles. The second kappa shape index (κ2) is 6.14. The summed E-state index contributed by atoms with van der Waals surface area (Å²) in [6.07, 6.45) is 0.0391. The molecule has 2 N–H and O–H groups in total. The first-order valence-electron chi connectivity index (χ1n) is 5.65. The van der Waals surface area contributed by atoms with Gasteiger partial charge in [-0.05, 0) is 36.6 Å². The molecule has 0 aromatic heterocycles. The van der Waals surface area contributed by atoms with Gasteiger partial charge in [-0.2, -0.15) is 0 Å². The molecule has 98 valence electrons. The summed E-state index contributed by atoms with van der Waals surface area (Å²) in [6, 6.07) is 4.25. The molecule has 1 aromatic rings.